The Labute approximate surface area is 93.5 Å². The predicted octanol–water partition coefficient (Wildman–Crippen LogP) is -0.212. The molecule has 0 aromatic carbocycles. The number of hydrogen-bond acceptors (Lipinski definition) is 3. The lowest BCUT2D eigenvalue weighted by Gasteiger charge is -2.13. The zero-order valence-electron chi connectivity index (χ0n) is 8.94. The number of carbonyl (C=O) groups excluding carboxylic acids is 2. The van der Waals surface area contributed by atoms with Crippen LogP contribution in [-0.2, 0) is 14.4 Å². The first-order valence-corrected chi connectivity index (χ1v) is 4.88. The summed E-state index contributed by atoms with van der Waals surface area (Å²) >= 11 is 0. The van der Waals surface area contributed by atoms with E-state index in [1.165, 1.54) is 0 Å². The largest absolute Gasteiger partial charge is 0.480 e. The zero-order chi connectivity index (χ0) is 12.6. The zero-order valence-corrected chi connectivity index (χ0v) is 8.94. The molecule has 4 N–H and O–H groups in total. The molecule has 0 radical (unpaired) electrons. The molecule has 90 valence electrons. The highest BCUT2D eigenvalue weighted by Crippen LogP contribution is 1.99. The Bertz CT molecular complexity index is 289. The van der Waals surface area contributed by atoms with E-state index in [9.17, 15) is 14.4 Å². The summed E-state index contributed by atoms with van der Waals surface area (Å²) in [6.07, 6.45) is 2.17. The van der Waals surface area contributed by atoms with Gasteiger partial charge in [0.1, 0.15) is 6.04 Å². The highest BCUT2D eigenvalue weighted by Gasteiger charge is 2.19. The van der Waals surface area contributed by atoms with Gasteiger partial charge in [-0.05, 0) is 12.8 Å². The normalized spacial score (nSPS) is 11.5. The van der Waals surface area contributed by atoms with Crippen molar-refractivity contribution in [3.8, 4) is 0 Å². The molecule has 0 spiro atoms. The molecule has 0 aromatic rings. The van der Waals surface area contributed by atoms with Crippen LogP contribution < -0.4 is 11.1 Å². The van der Waals surface area contributed by atoms with Gasteiger partial charge >= 0.3 is 5.97 Å². The smallest absolute Gasteiger partial charge is 0.326 e. The predicted molar refractivity (Wildman–Crippen MR) is 57.4 cm³/mol. The average molecular weight is 228 g/mol. The van der Waals surface area contributed by atoms with E-state index in [0.717, 1.165) is 0 Å². The maximum atomic E-state index is 11.2. The molecule has 0 aliphatic rings. The number of primary amides is 1. The molecule has 0 rings (SSSR count). The van der Waals surface area contributed by atoms with Gasteiger partial charge in [-0.3, -0.25) is 9.59 Å². The van der Waals surface area contributed by atoms with Crippen LogP contribution in [0.2, 0.25) is 0 Å². The fraction of sp³-hybridized carbons (Fsp3) is 0.500. The minimum absolute atomic E-state index is 0.00446. The Balaban J connectivity index is 4.11. The van der Waals surface area contributed by atoms with Crippen LogP contribution in [0.4, 0.5) is 0 Å². The third kappa shape index (κ3) is 6.58. The van der Waals surface area contributed by atoms with Gasteiger partial charge in [-0.1, -0.05) is 6.08 Å². The van der Waals surface area contributed by atoms with Crippen LogP contribution in [-0.4, -0.2) is 28.9 Å². The van der Waals surface area contributed by atoms with E-state index in [0.29, 0.717) is 6.42 Å². The Kier molecular flexibility index (Phi) is 6.58. The molecule has 6 nitrogen and oxygen atoms in total. The van der Waals surface area contributed by atoms with E-state index in [1.54, 1.807) is 6.08 Å². The number of carboxylic acids is 1. The van der Waals surface area contributed by atoms with Crippen molar-refractivity contribution in [2.75, 3.05) is 0 Å². The fourth-order valence-electron chi connectivity index (χ4n) is 1.04. The lowest BCUT2D eigenvalue weighted by atomic mass is 10.1. The van der Waals surface area contributed by atoms with Gasteiger partial charge in [-0.2, -0.15) is 0 Å². The number of amides is 2. The Morgan fingerprint density at radius 1 is 1.38 bits per heavy atom. The summed E-state index contributed by atoms with van der Waals surface area (Å²) < 4.78 is 0. The Morgan fingerprint density at radius 3 is 2.44 bits per heavy atom. The summed E-state index contributed by atoms with van der Waals surface area (Å²) in [6, 6.07) is -1.06. The molecule has 0 unspecified atom stereocenters. The molecule has 0 aliphatic carbocycles. The second-order valence-corrected chi connectivity index (χ2v) is 3.29. The van der Waals surface area contributed by atoms with Crippen LogP contribution in [0.25, 0.3) is 0 Å². The van der Waals surface area contributed by atoms with Crippen molar-refractivity contribution in [2.24, 2.45) is 5.73 Å². The van der Waals surface area contributed by atoms with Crippen LogP contribution >= 0.6 is 0 Å². The third-order valence-corrected chi connectivity index (χ3v) is 1.89. The highest BCUT2D eigenvalue weighted by atomic mass is 16.4. The van der Waals surface area contributed by atoms with E-state index in [4.69, 9.17) is 10.8 Å². The number of hydrogen-bond donors (Lipinski definition) is 3. The second-order valence-electron chi connectivity index (χ2n) is 3.29. The Hall–Kier alpha value is -1.85. The van der Waals surface area contributed by atoms with E-state index < -0.39 is 17.9 Å². The molecule has 1 atom stereocenters. The topological polar surface area (TPSA) is 109 Å². The molecule has 0 saturated heterocycles. The van der Waals surface area contributed by atoms with Crippen molar-refractivity contribution in [2.45, 2.75) is 31.7 Å². The van der Waals surface area contributed by atoms with Crippen LogP contribution in [0.3, 0.4) is 0 Å². The van der Waals surface area contributed by atoms with Crippen molar-refractivity contribution in [1.29, 1.82) is 0 Å². The number of nitrogens with two attached hydrogens (primary N) is 1. The maximum absolute atomic E-state index is 11.2. The van der Waals surface area contributed by atoms with Gasteiger partial charge in [-0.25, -0.2) is 4.79 Å². The minimum Gasteiger partial charge on any atom is -0.480 e. The molecule has 6 heteroatoms. The monoisotopic (exact) mass is 228 g/mol. The highest BCUT2D eigenvalue weighted by molar-refractivity contribution is 5.84. The van der Waals surface area contributed by atoms with Gasteiger partial charge in [0.15, 0.2) is 0 Å². The van der Waals surface area contributed by atoms with Crippen molar-refractivity contribution in [1.82, 2.24) is 5.32 Å². The van der Waals surface area contributed by atoms with Gasteiger partial charge in [0, 0.05) is 12.8 Å². The molecule has 2 amide bonds. The first-order chi connectivity index (χ1) is 7.47. The van der Waals surface area contributed by atoms with Gasteiger partial charge in [0.05, 0.1) is 0 Å². The number of allylic oxidation sites excluding steroid dienone is 1. The molecule has 16 heavy (non-hydrogen) atoms. The second kappa shape index (κ2) is 7.44. The molecular formula is C10H16N2O4. The summed E-state index contributed by atoms with van der Waals surface area (Å²) in [5, 5.41) is 11.1. The summed E-state index contributed by atoms with van der Waals surface area (Å²) in [4.78, 5) is 32.4. The van der Waals surface area contributed by atoms with Crippen molar-refractivity contribution < 1.29 is 19.5 Å². The molecule has 0 fully saturated rings. The minimum atomic E-state index is -1.17. The van der Waals surface area contributed by atoms with Crippen LogP contribution in [0.5, 0.6) is 0 Å². The molecule has 0 saturated carbocycles. The average Bonchev–Trinajstić information content (AvgIpc) is 2.20. The standard InChI is InChI=1S/C10H16N2O4/c1-2-3-4-9(14)12-7(10(15)16)5-6-8(11)13/h2,7H,1,3-6H2,(H2,11,13)(H,12,14)(H,15,16)/t7-/m1/s1. The maximum Gasteiger partial charge on any atom is 0.326 e. The summed E-state index contributed by atoms with van der Waals surface area (Å²) in [5.74, 6) is -2.14. The summed E-state index contributed by atoms with van der Waals surface area (Å²) in [7, 11) is 0. The van der Waals surface area contributed by atoms with E-state index in [2.05, 4.69) is 11.9 Å². The number of aliphatic carboxylic acids is 1. The third-order valence-electron chi connectivity index (χ3n) is 1.89. The van der Waals surface area contributed by atoms with Crippen molar-refractivity contribution in [3.05, 3.63) is 12.7 Å². The van der Waals surface area contributed by atoms with Crippen molar-refractivity contribution in [3.63, 3.8) is 0 Å². The first-order valence-electron chi connectivity index (χ1n) is 4.88. The molecule has 0 bridgehead atoms. The SMILES string of the molecule is C=CCCC(=O)N[C@H](CCC(N)=O)C(=O)O. The Morgan fingerprint density at radius 2 is 2.00 bits per heavy atom. The number of rotatable bonds is 8. The van der Waals surface area contributed by atoms with E-state index in [-0.39, 0.29) is 25.2 Å². The summed E-state index contributed by atoms with van der Waals surface area (Å²) in [5.41, 5.74) is 4.89. The van der Waals surface area contributed by atoms with Gasteiger partial charge in [0.2, 0.25) is 11.8 Å². The molecule has 0 aromatic heterocycles. The van der Waals surface area contributed by atoms with E-state index in [1.807, 2.05) is 0 Å². The van der Waals surface area contributed by atoms with Crippen LogP contribution in [0.15, 0.2) is 12.7 Å². The fourth-order valence-corrected chi connectivity index (χ4v) is 1.04. The van der Waals surface area contributed by atoms with Crippen LogP contribution in [0.1, 0.15) is 25.7 Å². The molecular weight excluding hydrogens is 212 g/mol. The van der Waals surface area contributed by atoms with E-state index >= 15 is 0 Å². The molecule has 0 aliphatic heterocycles. The lowest BCUT2D eigenvalue weighted by Crippen LogP contribution is -2.41. The van der Waals surface area contributed by atoms with Gasteiger partial charge in [-0.15, -0.1) is 6.58 Å². The quantitative estimate of drug-likeness (QED) is 0.499. The van der Waals surface area contributed by atoms with Crippen LogP contribution in [0, 0.1) is 0 Å². The summed E-state index contributed by atoms with van der Waals surface area (Å²) in [6.45, 7) is 3.45. The number of nitrogens with one attached hydrogen (secondary N) is 1. The lowest BCUT2D eigenvalue weighted by molar-refractivity contribution is -0.142. The molecule has 0 heterocycles. The van der Waals surface area contributed by atoms with Crippen molar-refractivity contribution >= 4 is 17.8 Å². The van der Waals surface area contributed by atoms with Gasteiger partial charge in [0.25, 0.3) is 0 Å². The first kappa shape index (κ1) is 14.2. The number of carboxylic acid groups (broad SMARTS) is 1. The number of carbonyl (C=O) groups is 3. The van der Waals surface area contributed by atoms with Gasteiger partial charge < -0.3 is 16.2 Å².